The van der Waals surface area contributed by atoms with Crippen LogP contribution in [0.5, 0.6) is 0 Å². The number of piperidine rings is 1. The molecule has 0 radical (unpaired) electrons. The molecule has 0 N–H and O–H groups in total. The Labute approximate surface area is 174 Å². The summed E-state index contributed by atoms with van der Waals surface area (Å²) in [4.78, 5) is 16.8. The molecule has 0 aliphatic carbocycles. The molecule has 0 spiro atoms. The molecule has 140 valence electrons. The van der Waals surface area contributed by atoms with Crippen LogP contribution in [0.25, 0.3) is 0 Å². The van der Waals surface area contributed by atoms with Gasteiger partial charge in [0.25, 0.3) is 0 Å². The monoisotopic (exact) mass is 382 g/mol. The van der Waals surface area contributed by atoms with Crippen molar-refractivity contribution in [3.8, 4) is 0 Å². The maximum atomic E-state index is 13.4. The van der Waals surface area contributed by atoms with Crippen molar-refractivity contribution in [3.63, 3.8) is 0 Å². The number of likely N-dealkylation sites (tertiary alicyclic amines) is 1. The van der Waals surface area contributed by atoms with Crippen molar-refractivity contribution in [2.75, 3.05) is 31.6 Å². The fourth-order valence-corrected chi connectivity index (χ4v) is 3.76. The Bertz CT molecular complexity index is 1070. The molecule has 1 saturated heterocycles. The summed E-state index contributed by atoms with van der Waals surface area (Å²) in [6.45, 7) is -4.11. The first kappa shape index (κ1) is 10.0. The predicted molar refractivity (Wildman–Crippen MR) is 108 cm³/mol. The largest absolute Gasteiger partial charge is 0.358 e. The zero-order valence-electron chi connectivity index (χ0n) is 24.6. The summed E-state index contributed by atoms with van der Waals surface area (Å²) in [5.74, 6) is -0.967. The highest BCUT2D eigenvalue weighted by molar-refractivity contribution is 7.09. The van der Waals surface area contributed by atoms with Gasteiger partial charge in [0.2, 0.25) is 5.91 Å². The second-order valence-corrected chi connectivity index (χ2v) is 6.96. The van der Waals surface area contributed by atoms with E-state index in [1.165, 1.54) is 18.4 Å². The molecule has 0 unspecified atom stereocenters. The van der Waals surface area contributed by atoms with Crippen molar-refractivity contribution in [3.05, 3.63) is 52.6 Å². The lowest BCUT2D eigenvalue weighted by Gasteiger charge is -2.47. The maximum Gasteiger partial charge on any atom is 0.229 e. The number of hydrogen-bond donors (Lipinski definition) is 0. The number of carbonyl (C=O) groups is 1. The lowest BCUT2D eigenvalue weighted by Crippen LogP contribution is -2.59. The number of methoxy groups -OCH3 is 1. The molecule has 3 rings (SSSR count). The topological polar surface area (TPSA) is 32.8 Å². The van der Waals surface area contributed by atoms with Crippen LogP contribution in [0, 0.1) is 0 Å². The maximum absolute atomic E-state index is 13.4. The summed E-state index contributed by atoms with van der Waals surface area (Å²) in [5, 5.41) is 1.87. The van der Waals surface area contributed by atoms with Crippen molar-refractivity contribution < 1.29 is 23.2 Å². The number of carbonyl (C=O) groups excluding carboxylic acids is 1. The number of thiophene rings is 1. The number of para-hydroxylation sites is 1. The SMILES string of the molecule is [2H]c1c([2H])c([2H])c(N(C(=O)CC([2H])([2H])[2H])C2(OC)CCN(C([2H])([2H])Cc3cccs3)CC2)c([2H])c1[2H]. The summed E-state index contributed by atoms with van der Waals surface area (Å²) < 4.78 is 86.4. The van der Waals surface area contributed by atoms with Crippen LogP contribution in [-0.2, 0) is 16.0 Å². The third-order valence-corrected chi connectivity index (χ3v) is 5.38. The summed E-state index contributed by atoms with van der Waals surface area (Å²) in [6, 6.07) is 0.442. The van der Waals surface area contributed by atoms with Crippen LogP contribution in [0.1, 0.15) is 44.7 Å². The summed E-state index contributed by atoms with van der Waals surface area (Å²) >= 11 is 1.45. The van der Waals surface area contributed by atoms with Gasteiger partial charge in [0.1, 0.15) is 5.72 Å². The summed E-state index contributed by atoms with van der Waals surface area (Å²) in [5.41, 5.74) is -1.99. The van der Waals surface area contributed by atoms with Crippen molar-refractivity contribution in [1.29, 1.82) is 0 Å². The van der Waals surface area contributed by atoms with Crippen molar-refractivity contribution in [1.82, 2.24) is 4.90 Å². The quantitative estimate of drug-likeness (QED) is 0.674. The van der Waals surface area contributed by atoms with Gasteiger partial charge in [0.15, 0.2) is 0 Å². The van der Waals surface area contributed by atoms with Gasteiger partial charge >= 0.3 is 0 Å². The molecule has 2 heterocycles. The number of ether oxygens (including phenoxy) is 1. The van der Waals surface area contributed by atoms with Gasteiger partial charge in [0.05, 0.1) is 6.85 Å². The Balaban J connectivity index is 2.02. The first-order chi connectivity index (χ1) is 16.6. The fraction of sp³-hybridized carbons (Fsp3) is 0.476. The van der Waals surface area contributed by atoms with E-state index in [-0.39, 0.29) is 32.4 Å². The molecule has 0 bridgehead atoms. The third kappa shape index (κ3) is 4.17. The molecule has 1 amide bonds. The highest BCUT2D eigenvalue weighted by Gasteiger charge is 2.42. The number of nitrogens with zero attached hydrogens (tertiary/aromatic N) is 2. The number of aryl methyl sites for hydroxylation is 1. The van der Waals surface area contributed by atoms with Crippen molar-refractivity contribution in [2.24, 2.45) is 0 Å². The Morgan fingerprint density at radius 1 is 1.42 bits per heavy atom. The first-order valence-electron chi connectivity index (χ1n) is 13.4. The second kappa shape index (κ2) is 8.80. The zero-order valence-corrected chi connectivity index (χ0v) is 15.4. The minimum atomic E-state index is -2.67. The summed E-state index contributed by atoms with van der Waals surface area (Å²) in [6.07, 6.45) is -0.705. The van der Waals surface area contributed by atoms with E-state index in [4.69, 9.17) is 18.4 Å². The van der Waals surface area contributed by atoms with Gasteiger partial charge in [-0.1, -0.05) is 31.0 Å². The molecular weight excluding hydrogens is 344 g/mol. The zero-order chi connectivity index (χ0) is 27.1. The predicted octanol–water partition coefficient (Wildman–Crippen LogP) is 4.17. The van der Waals surface area contributed by atoms with Crippen LogP contribution in [0.3, 0.4) is 0 Å². The molecule has 5 heteroatoms. The van der Waals surface area contributed by atoms with Gasteiger partial charge in [-0.2, -0.15) is 0 Å². The fourth-order valence-electron chi connectivity index (χ4n) is 3.13. The van der Waals surface area contributed by atoms with Crippen molar-refractivity contribution >= 4 is 22.9 Å². The van der Waals surface area contributed by atoms with E-state index in [2.05, 4.69) is 0 Å². The highest BCUT2D eigenvalue weighted by atomic mass is 32.1. The molecule has 2 aromatic rings. The third-order valence-electron chi connectivity index (χ3n) is 4.50. The van der Waals surface area contributed by atoms with E-state index in [0.29, 0.717) is 0 Å². The van der Waals surface area contributed by atoms with E-state index >= 15 is 0 Å². The van der Waals surface area contributed by atoms with E-state index < -0.39 is 67.3 Å². The molecule has 1 aliphatic rings. The molecule has 1 fully saturated rings. The Hall–Kier alpha value is -1.69. The molecule has 1 aromatic heterocycles. The molecular formula is C21H28N2O2S. The lowest BCUT2D eigenvalue weighted by molar-refractivity contribution is -0.128. The van der Waals surface area contributed by atoms with E-state index in [1.54, 1.807) is 4.90 Å². The normalized spacial score (nSPS) is 23.7. The van der Waals surface area contributed by atoms with Crippen LogP contribution in [0.2, 0.25) is 0 Å². The molecule has 0 saturated carbocycles. The Morgan fingerprint density at radius 3 is 2.81 bits per heavy atom. The Kier molecular flexibility index (Phi) is 3.39. The van der Waals surface area contributed by atoms with Gasteiger partial charge in [-0.05, 0) is 30.0 Å². The van der Waals surface area contributed by atoms with E-state index in [9.17, 15) is 4.79 Å². The standard InChI is InChI=1S/C21H28N2O2S/c1-3-20(24)23(18-8-5-4-6-9-18)21(25-2)12-15-22(16-13-21)14-11-19-10-7-17-26-19/h4-10,17H,3,11-16H2,1-2H3/i1D3,4D,5D,6D,8D,9D,14D2. The minimum absolute atomic E-state index is 0.0301. The molecule has 0 atom stereocenters. The number of benzene rings is 1. The number of hydrogen-bond acceptors (Lipinski definition) is 4. The molecule has 26 heavy (non-hydrogen) atoms. The van der Waals surface area contributed by atoms with Gasteiger partial charge in [-0.15, -0.1) is 11.3 Å². The highest BCUT2D eigenvalue weighted by Crippen LogP contribution is 2.34. The van der Waals surface area contributed by atoms with Crippen LogP contribution < -0.4 is 4.90 Å². The molecule has 1 aliphatic heterocycles. The average Bonchev–Trinajstić information content (AvgIpc) is 3.30. The Morgan fingerprint density at radius 2 is 2.19 bits per heavy atom. The minimum Gasteiger partial charge on any atom is -0.358 e. The first-order valence-corrected chi connectivity index (χ1v) is 9.24. The number of rotatable bonds is 7. The second-order valence-electron chi connectivity index (χ2n) is 5.93. The van der Waals surface area contributed by atoms with Gasteiger partial charge in [-0.3, -0.25) is 9.69 Å². The van der Waals surface area contributed by atoms with E-state index in [0.717, 1.165) is 9.78 Å². The average molecular weight is 383 g/mol. The van der Waals surface area contributed by atoms with Gasteiger partial charge in [0, 0.05) is 63.4 Å². The number of anilines is 1. The van der Waals surface area contributed by atoms with Gasteiger partial charge < -0.3 is 9.64 Å². The van der Waals surface area contributed by atoms with E-state index in [1.807, 2.05) is 17.5 Å². The van der Waals surface area contributed by atoms with Crippen LogP contribution in [0.4, 0.5) is 5.69 Å². The summed E-state index contributed by atoms with van der Waals surface area (Å²) in [7, 11) is 1.31. The number of amides is 1. The van der Waals surface area contributed by atoms with Crippen LogP contribution >= 0.6 is 11.3 Å². The molecule has 1 aromatic carbocycles. The smallest absolute Gasteiger partial charge is 0.229 e. The lowest BCUT2D eigenvalue weighted by atomic mass is 9.96. The molecule has 4 nitrogen and oxygen atoms in total. The van der Waals surface area contributed by atoms with Crippen LogP contribution in [-0.4, -0.2) is 43.2 Å². The van der Waals surface area contributed by atoms with Crippen LogP contribution in [0.15, 0.2) is 47.7 Å². The van der Waals surface area contributed by atoms with Crippen molar-refractivity contribution in [2.45, 2.75) is 38.3 Å². The van der Waals surface area contributed by atoms with Gasteiger partial charge in [-0.25, -0.2) is 0 Å².